The van der Waals surface area contributed by atoms with Crippen molar-refractivity contribution in [2.45, 2.75) is 45.8 Å². The number of aromatic nitrogens is 1. The first kappa shape index (κ1) is 15.3. The van der Waals surface area contributed by atoms with Gasteiger partial charge in [0.05, 0.1) is 6.10 Å². The molecule has 0 amide bonds. The van der Waals surface area contributed by atoms with Gasteiger partial charge in [0.1, 0.15) is 5.82 Å². The van der Waals surface area contributed by atoms with E-state index < -0.39 is 0 Å². The fourth-order valence-electron chi connectivity index (χ4n) is 2.62. The lowest BCUT2D eigenvalue weighted by Crippen LogP contribution is -2.24. The zero-order chi connectivity index (χ0) is 14.4. The van der Waals surface area contributed by atoms with Crippen molar-refractivity contribution >= 4 is 5.82 Å². The lowest BCUT2D eigenvalue weighted by molar-refractivity contribution is 0.121. The van der Waals surface area contributed by atoms with Gasteiger partial charge in [0.15, 0.2) is 0 Å². The van der Waals surface area contributed by atoms with Crippen LogP contribution < -0.4 is 10.2 Å². The van der Waals surface area contributed by atoms with E-state index in [9.17, 15) is 0 Å². The van der Waals surface area contributed by atoms with Crippen molar-refractivity contribution in [3.05, 3.63) is 23.4 Å². The fourth-order valence-corrected chi connectivity index (χ4v) is 2.62. The molecule has 112 valence electrons. The van der Waals surface area contributed by atoms with Crippen LogP contribution in [0, 0.1) is 0 Å². The third-order valence-electron chi connectivity index (χ3n) is 3.85. The Morgan fingerprint density at radius 2 is 2.25 bits per heavy atom. The van der Waals surface area contributed by atoms with E-state index in [2.05, 4.69) is 36.2 Å². The Balaban J connectivity index is 2.09. The maximum Gasteiger partial charge on any atom is 0.129 e. The molecule has 1 N–H and O–H groups in total. The average molecular weight is 277 g/mol. The minimum atomic E-state index is 0.351. The van der Waals surface area contributed by atoms with Crippen LogP contribution in [0.25, 0.3) is 0 Å². The van der Waals surface area contributed by atoms with E-state index in [1.54, 1.807) is 7.11 Å². The molecule has 1 fully saturated rings. The molecule has 1 aliphatic heterocycles. The molecule has 4 heteroatoms. The molecular weight excluding hydrogens is 250 g/mol. The van der Waals surface area contributed by atoms with Crippen LogP contribution in [0.4, 0.5) is 5.82 Å². The lowest BCUT2D eigenvalue weighted by atomic mass is 10.2. The SMILES string of the molecule is CCCNCc1cc(CC)nc(N2CCC(OC)C2)c1. The Labute approximate surface area is 122 Å². The van der Waals surface area contributed by atoms with Crippen LogP contribution in [0.5, 0.6) is 0 Å². The molecular formula is C16H27N3O. The number of pyridine rings is 1. The summed E-state index contributed by atoms with van der Waals surface area (Å²) < 4.78 is 5.45. The fraction of sp³-hybridized carbons (Fsp3) is 0.688. The maximum atomic E-state index is 5.45. The Morgan fingerprint density at radius 1 is 1.40 bits per heavy atom. The van der Waals surface area contributed by atoms with E-state index in [1.807, 2.05) is 0 Å². The first-order valence-electron chi connectivity index (χ1n) is 7.75. The van der Waals surface area contributed by atoms with Gasteiger partial charge in [-0.25, -0.2) is 4.98 Å². The van der Waals surface area contributed by atoms with Crippen molar-refractivity contribution in [3.8, 4) is 0 Å². The number of rotatable bonds is 7. The Kier molecular flexibility index (Phi) is 5.80. The van der Waals surface area contributed by atoms with Crippen LogP contribution >= 0.6 is 0 Å². The van der Waals surface area contributed by atoms with Crippen molar-refractivity contribution in [2.24, 2.45) is 0 Å². The van der Waals surface area contributed by atoms with Crippen molar-refractivity contribution in [3.63, 3.8) is 0 Å². The van der Waals surface area contributed by atoms with Gasteiger partial charge in [0.2, 0.25) is 0 Å². The van der Waals surface area contributed by atoms with Crippen molar-refractivity contribution in [2.75, 3.05) is 31.6 Å². The number of ether oxygens (including phenoxy) is 1. The molecule has 0 saturated carbocycles. The smallest absolute Gasteiger partial charge is 0.129 e. The molecule has 2 heterocycles. The highest BCUT2D eigenvalue weighted by molar-refractivity contribution is 5.44. The van der Waals surface area contributed by atoms with Gasteiger partial charge < -0.3 is 15.0 Å². The minimum Gasteiger partial charge on any atom is -0.380 e. The number of hydrogen-bond acceptors (Lipinski definition) is 4. The van der Waals surface area contributed by atoms with E-state index >= 15 is 0 Å². The lowest BCUT2D eigenvalue weighted by Gasteiger charge is -2.19. The first-order valence-corrected chi connectivity index (χ1v) is 7.75. The highest BCUT2D eigenvalue weighted by Crippen LogP contribution is 2.21. The Hall–Kier alpha value is -1.13. The largest absolute Gasteiger partial charge is 0.380 e. The predicted octanol–water partition coefficient (Wildman–Crippen LogP) is 2.37. The summed E-state index contributed by atoms with van der Waals surface area (Å²) in [5, 5.41) is 3.47. The summed E-state index contributed by atoms with van der Waals surface area (Å²) >= 11 is 0. The van der Waals surface area contributed by atoms with Gasteiger partial charge >= 0.3 is 0 Å². The second-order valence-corrected chi connectivity index (χ2v) is 5.45. The minimum absolute atomic E-state index is 0.351. The van der Waals surface area contributed by atoms with Crippen LogP contribution in [-0.2, 0) is 17.7 Å². The predicted molar refractivity (Wildman–Crippen MR) is 83.2 cm³/mol. The maximum absolute atomic E-state index is 5.45. The van der Waals surface area contributed by atoms with E-state index in [1.165, 1.54) is 17.7 Å². The molecule has 4 nitrogen and oxygen atoms in total. The number of aryl methyl sites for hydroxylation is 1. The molecule has 1 aliphatic rings. The van der Waals surface area contributed by atoms with Crippen LogP contribution in [0.1, 0.15) is 37.9 Å². The summed E-state index contributed by atoms with van der Waals surface area (Å²) in [6.07, 6.45) is 3.60. The van der Waals surface area contributed by atoms with Gasteiger partial charge in [0.25, 0.3) is 0 Å². The summed E-state index contributed by atoms with van der Waals surface area (Å²) in [5.74, 6) is 1.11. The second kappa shape index (κ2) is 7.60. The molecule has 0 radical (unpaired) electrons. The number of methoxy groups -OCH3 is 1. The molecule has 20 heavy (non-hydrogen) atoms. The Morgan fingerprint density at radius 3 is 2.90 bits per heavy atom. The van der Waals surface area contributed by atoms with Crippen molar-refractivity contribution in [1.29, 1.82) is 0 Å². The van der Waals surface area contributed by atoms with Gasteiger partial charge in [-0.3, -0.25) is 0 Å². The highest BCUT2D eigenvalue weighted by atomic mass is 16.5. The average Bonchev–Trinajstić information content (AvgIpc) is 2.96. The zero-order valence-corrected chi connectivity index (χ0v) is 13.0. The monoisotopic (exact) mass is 277 g/mol. The summed E-state index contributed by atoms with van der Waals surface area (Å²) in [5.41, 5.74) is 2.51. The van der Waals surface area contributed by atoms with Crippen molar-refractivity contribution < 1.29 is 4.74 Å². The molecule has 0 aromatic carbocycles. The number of anilines is 1. The van der Waals surface area contributed by atoms with E-state index in [-0.39, 0.29) is 0 Å². The van der Waals surface area contributed by atoms with Gasteiger partial charge in [-0.15, -0.1) is 0 Å². The van der Waals surface area contributed by atoms with Gasteiger partial charge in [-0.1, -0.05) is 13.8 Å². The molecule has 1 saturated heterocycles. The number of nitrogens with zero attached hydrogens (tertiary/aromatic N) is 2. The quantitative estimate of drug-likeness (QED) is 0.776. The third kappa shape index (κ3) is 3.93. The summed E-state index contributed by atoms with van der Waals surface area (Å²) in [6.45, 7) is 8.35. The van der Waals surface area contributed by atoms with Crippen LogP contribution in [0.2, 0.25) is 0 Å². The van der Waals surface area contributed by atoms with E-state index in [0.717, 1.165) is 44.8 Å². The van der Waals surface area contributed by atoms with Crippen LogP contribution in [0.3, 0.4) is 0 Å². The normalized spacial score (nSPS) is 18.8. The topological polar surface area (TPSA) is 37.4 Å². The van der Waals surface area contributed by atoms with Gasteiger partial charge in [0, 0.05) is 32.4 Å². The summed E-state index contributed by atoms with van der Waals surface area (Å²) in [4.78, 5) is 7.12. The molecule has 1 aromatic heterocycles. The molecule has 1 unspecified atom stereocenters. The molecule has 0 aliphatic carbocycles. The zero-order valence-electron chi connectivity index (χ0n) is 13.0. The van der Waals surface area contributed by atoms with E-state index in [4.69, 9.17) is 9.72 Å². The third-order valence-corrected chi connectivity index (χ3v) is 3.85. The summed E-state index contributed by atoms with van der Waals surface area (Å²) in [6, 6.07) is 4.44. The molecule has 0 bridgehead atoms. The second-order valence-electron chi connectivity index (χ2n) is 5.45. The number of hydrogen-bond donors (Lipinski definition) is 1. The van der Waals surface area contributed by atoms with Gasteiger partial charge in [-0.05, 0) is 43.5 Å². The van der Waals surface area contributed by atoms with Crippen molar-refractivity contribution in [1.82, 2.24) is 10.3 Å². The van der Waals surface area contributed by atoms with Crippen LogP contribution in [-0.4, -0.2) is 37.8 Å². The molecule has 1 atom stereocenters. The highest BCUT2D eigenvalue weighted by Gasteiger charge is 2.23. The van der Waals surface area contributed by atoms with E-state index in [0.29, 0.717) is 6.10 Å². The van der Waals surface area contributed by atoms with Crippen LogP contribution in [0.15, 0.2) is 12.1 Å². The number of nitrogens with one attached hydrogen (secondary N) is 1. The standard InChI is InChI=1S/C16H27N3O/c1-4-7-17-11-13-9-14(5-2)18-16(10-13)19-8-6-15(12-19)20-3/h9-10,15,17H,4-8,11-12H2,1-3H3. The Bertz CT molecular complexity index is 422. The summed E-state index contributed by atoms with van der Waals surface area (Å²) in [7, 11) is 1.80. The molecule has 2 rings (SSSR count). The first-order chi connectivity index (χ1) is 9.76. The molecule has 0 spiro atoms. The molecule has 1 aromatic rings. The van der Waals surface area contributed by atoms with Gasteiger partial charge in [-0.2, -0.15) is 0 Å².